The summed E-state index contributed by atoms with van der Waals surface area (Å²) in [6.45, 7) is 5.94. The van der Waals surface area contributed by atoms with Crippen LogP contribution in [0.25, 0.3) is 0 Å². The van der Waals surface area contributed by atoms with Crippen molar-refractivity contribution in [2.75, 3.05) is 20.2 Å². The first-order valence-electron chi connectivity index (χ1n) is 3.09. The fraction of sp³-hybridized carbons (Fsp3) is 0.833. The molecule has 0 aliphatic rings. The maximum absolute atomic E-state index is 4.88. The molecule has 0 aromatic rings. The van der Waals surface area contributed by atoms with Crippen molar-refractivity contribution in [2.45, 2.75) is 13.8 Å². The molecule has 0 N–H and O–H groups in total. The van der Waals surface area contributed by atoms with Crippen molar-refractivity contribution in [1.82, 2.24) is 4.90 Å². The Bertz CT molecular complexity index is 91.1. The lowest BCUT2D eigenvalue weighted by molar-refractivity contribution is 0.309. The number of hydrogen-bond acceptors (Lipinski definition) is 2. The van der Waals surface area contributed by atoms with E-state index in [4.69, 9.17) is 17.0 Å². The van der Waals surface area contributed by atoms with Crippen LogP contribution < -0.4 is 0 Å². The van der Waals surface area contributed by atoms with E-state index in [9.17, 15) is 0 Å². The number of methoxy groups -OCH3 is 1. The Morgan fingerprint density at radius 3 is 2.00 bits per heavy atom. The lowest BCUT2D eigenvalue weighted by atomic mass is 10.6. The largest absolute Gasteiger partial charge is 0.474 e. The zero-order chi connectivity index (χ0) is 7.28. The molecule has 0 fully saturated rings. The third-order valence-electron chi connectivity index (χ3n) is 1.20. The molecule has 0 aliphatic carbocycles. The zero-order valence-corrected chi connectivity index (χ0v) is 6.99. The Labute approximate surface area is 61.8 Å². The first kappa shape index (κ1) is 8.69. The maximum atomic E-state index is 4.88. The molecule has 0 unspecified atom stereocenters. The summed E-state index contributed by atoms with van der Waals surface area (Å²) in [6, 6.07) is 0. The van der Waals surface area contributed by atoms with Crippen molar-refractivity contribution in [3.63, 3.8) is 0 Å². The Balaban J connectivity index is 3.64. The van der Waals surface area contributed by atoms with Gasteiger partial charge >= 0.3 is 0 Å². The van der Waals surface area contributed by atoms with E-state index in [0.29, 0.717) is 5.17 Å². The minimum Gasteiger partial charge on any atom is -0.474 e. The van der Waals surface area contributed by atoms with Gasteiger partial charge in [-0.3, -0.25) is 0 Å². The van der Waals surface area contributed by atoms with Gasteiger partial charge < -0.3 is 9.64 Å². The molecule has 0 aromatic carbocycles. The van der Waals surface area contributed by atoms with Crippen LogP contribution in [0.1, 0.15) is 13.8 Å². The predicted octanol–water partition coefficient (Wildman–Crippen LogP) is 1.26. The van der Waals surface area contributed by atoms with Crippen LogP contribution in [0.5, 0.6) is 0 Å². The third-order valence-corrected chi connectivity index (χ3v) is 1.62. The molecule has 0 radical (unpaired) electrons. The minimum atomic E-state index is 0.583. The number of hydrogen-bond donors (Lipinski definition) is 0. The van der Waals surface area contributed by atoms with Crippen LogP contribution in [0.4, 0.5) is 0 Å². The molecule has 0 aromatic heterocycles. The van der Waals surface area contributed by atoms with Gasteiger partial charge in [-0.05, 0) is 26.1 Å². The second-order valence-corrected chi connectivity index (χ2v) is 1.99. The van der Waals surface area contributed by atoms with E-state index < -0.39 is 0 Å². The van der Waals surface area contributed by atoms with Crippen LogP contribution in [0, 0.1) is 0 Å². The molecular weight excluding hydrogens is 134 g/mol. The molecule has 0 amide bonds. The van der Waals surface area contributed by atoms with Gasteiger partial charge in [-0.1, -0.05) is 0 Å². The Kier molecular flexibility index (Phi) is 4.40. The maximum Gasteiger partial charge on any atom is 0.258 e. The fourth-order valence-electron chi connectivity index (χ4n) is 0.611. The topological polar surface area (TPSA) is 12.5 Å². The molecular formula is C6H13NOS. The van der Waals surface area contributed by atoms with Crippen molar-refractivity contribution in [1.29, 1.82) is 0 Å². The van der Waals surface area contributed by atoms with Crippen LogP contribution in [-0.4, -0.2) is 30.3 Å². The minimum absolute atomic E-state index is 0.583. The van der Waals surface area contributed by atoms with Crippen LogP contribution in [0.15, 0.2) is 0 Å². The van der Waals surface area contributed by atoms with Crippen molar-refractivity contribution in [3.8, 4) is 0 Å². The van der Waals surface area contributed by atoms with Gasteiger partial charge in [-0.15, -0.1) is 0 Å². The Hall–Kier alpha value is -0.310. The number of rotatable bonds is 2. The first-order valence-corrected chi connectivity index (χ1v) is 3.50. The van der Waals surface area contributed by atoms with Gasteiger partial charge in [0.25, 0.3) is 5.17 Å². The third kappa shape index (κ3) is 2.65. The van der Waals surface area contributed by atoms with Crippen molar-refractivity contribution >= 4 is 17.4 Å². The van der Waals surface area contributed by atoms with Crippen LogP contribution >= 0.6 is 12.2 Å². The van der Waals surface area contributed by atoms with Crippen LogP contribution in [0.2, 0.25) is 0 Å². The van der Waals surface area contributed by atoms with E-state index in [0.717, 1.165) is 13.1 Å². The van der Waals surface area contributed by atoms with Crippen molar-refractivity contribution in [3.05, 3.63) is 0 Å². The molecule has 9 heavy (non-hydrogen) atoms. The molecule has 0 bridgehead atoms. The van der Waals surface area contributed by atoms with E-state index in [-0.39, 0.29) is 0 Å². The van der Waals surface area contributed by atoms with Gasteiger partial charge in [-0.2, -0.15) is 0 Å². The van der Waals surface area contributed by atoms with Crippen LogP contribution in [0.3, 0.4) is 0 Å². The molecule has 0 aliphatic heterocycles. The van der Waals surface area contributed by atoms with Crippen molar-refractivity contribution < 1.29 is 4.74 Å². The Morgan fingerprint density at radius 1 is 1.44 bits per heavy atom. The summed E-state index contributed by atoms with van der Waals surface area (Å²) in [5.41, 5.74) is 0. The highest BCUT2D eigenvalue weighted by molar-refractivity contribution is 7.80. The first-order chi connectivity index (χ1) is 4.26. The molecule has 0 heterocycles. The standard InChI is InChI=1S/C6H13NOS/c1-4-7(5-2)6(9)8-3/h4-5H2,1-3H3. The average Bonchev–Trinajstić information content (AvgIpc) is 1.90. The lowest BCUT2D eigenvalue weighted by Crippen LogP contribution is -2.29. The molecule has 0 saturated heterocycles. The van der Waals surface area contributed by atoms with Crippen molar-refractivity contribution in [2.24, 2.45) is 0 Å². The summed E-state index contributed by atoms with van der Waals surface area (Å²) in [7, 11) is 1.60. The summed E-state index contributed by atoms with van der Waals surface area (Å²) in [5, 5.41) is 0.583. The summed E-state index contributed by atoms with van der Waals surface area (Å²) in [5.74, 6) is 0. The summed E-state index contributed by atoms with van der Waals surface area (Å²) in [4.78, 5) is 1.98. The summed E-state index contributed by atoms with van der Waals surface area (Å²) >= 11 is 4.88. The normalized spacial score (nSPS) is 8.78. The van der Waals surface area contributed by atoms with Crippen LogP contribution in [-0.2, 0) is 4.74 Å². The zero-order valence-electron chi connectivity index (χ0n) is 6.18. The molecule has 0 saturated carbocycles. The second-order valence-electron chi connectivity index (χ2n) is 1.64. The molecule has 54 valence electrons. The molecule has 0 atom stereocenters. The summed E-state index contributed by atoms with van der Waals surface area (Å²) < 4.78 is 4.85. The van der Waals surface area contributed by atoms with E-state index in [1.54, 1.807) is 7.11 Å². The smallest absolute Gasteiger partial charge is 0.258 e. The Morgan fingerprint density at radius 2 is 1.89 bits per heavy atom. The van der Waals surface area contributed by atoms with Gasteiger partial charge in [0.2, 0.25) is 0 Å². The van der Waals surface area contributed by atoms with Gasteiger partial charge in [0.05, 0.1) is 7.11 Å². The quantitative estimate of drug-likeness (QED) is 0.546. The van der Waals surface area contributed by atoms with E-state index >= 15 is 0 Å². The summed E-state index contributed by atoms with van der Waals surface area (Å²) in [6.07, 6.45) is 0. The number of thiocarbonyl (C=S) groups is 1. The number of ether oxygens (including phenoxy) is 1. The highest BCUT2D eigenvalue weighted by atomic mass is 32.1. The predicted molar refractivity (Wildman–Crippen MR) is 42.5 cm³/mol. The second kappa shape index (κ2) is 4.56. The van der Waals surface area contributed by atoms with E-state index in [2.05, 4.69) is 13.8 Å². The van der Waals surface area contributed by atoms with E-state index in [1.165, 1.54) is 0 Å². The molecule has 2 nitrogen and oxygen atoms in total. The monoisotopic (exact) mass is 147 g/mol. The highest BCUT2D eigenvalue weighted by Gasteiger charge is 2.01. The number of nitrogens with zero attached hydrogens (tertiary/aromatic N) is 1. The van der Waals surface area contributed by atoms with E-state index in [1.807, 2.05) is 4.90 Å². The average molecular weight is 147 g/mol. The molecule has 0 rings (SSSR count). The van der Waals surface area contributed by atoms with Gasteiger partial charge in [0.15, 0.2) is 0 Å². The molecule has 0 spiro atoms. The van der Waals surface area contributed by atoms with Gasteiger partial charge in [0.1, 0.15) is 0 Å². The van der Waals surface area contributed by atoms with Gasteiger partial charge in [0, 0.05) is 13.1 Å². The molecule has 3 heteroatoms. The SMILES string of the molecule is CCN(CC)C(=S)OC. The lowest BCUT2D eigenvalue weighted by Gasteiger charge is -2.19. The fourth-order valence-corrected chi connectivity index (χ4v) is 0.869. The highest BCUT2D eigenvalue weighted by Crippen LogP contribution is 1.90. The van der Waals surface area contributed by atoms with Gasteiger partial charge in [-0.25, -0.2) is 0 Å².